The molecule has 1 aromatic rings. The first-order chi connectivity index (χ1) is 9.24. The van der Waals surface area contributed by atoms with Crippen molar-refractivity contribution in [2.24, 2.45) is 0 Å². The van der Waals surface area contributed by atoms with Gasteiger partial charge in [-0.1, -0.05) is 25.3 Å². The summed E-state index contributed by atoms with van der Waals surface area (Å²) in [6.07, 6.45) is 6.71. The highest BCUT2D eigenvalue weighted by molar-refractivity contribution is 5.48. The van der Waals surface area contributed by atoms with Gasteiger partial charge in [0, 0.05) is 24.3 Å². The van der Waals surface area contributed by atoms with Crippen molar-refractivity contribution < 1.29 is 4.74 Å². The summed E-state index contributed by atoms with van der Waals surface area (Å²) in [7, 11) is 4.12. The second kappa shape index (κ2) is 7.39. The molecular weight excluding hydrogens is 236 g/mol. The van der Waals surface area contributed by atoms with Crippen LogP contribution >= 0.6 is 0 Å². The van der Waals surface area contributed by atoms with Gasteiger partial charge in [-0.25, -0.2) is 0 Å². The van der Waals surface area contributed by atoms with E-state index in [0.717, 1.165) is 18.9 Å². The monoisotopic (exact) mass is 262 g/mol. The van der Waals surface area contributed by atoms with Crippen molar-refractivity contribution in [2.75, 3.05) is 32.6 Å². The zero-order chi connectivity index (χ0) is 13.5. The van der Waals surface area contributed by atoms with Gasteiger partial charge in [-0.2, -0.15) is 0 Å². The molecule has 0 amide bonds. The second-order valence-electron chi connectivity index (χ2n) is 5.66. The van der Waals surface area contributed by atoms with E-state index in [9.17, 15) is 0 Å². The Morgan fingerprint density at radius 1 is 1.21 bits per heavy atom. The lowest BCUT2D eigenvalue weighted by Gasteiger charge is -2.24. The van der Waals surface area contributed by atoms with E-state index in [2.05, 4.69) is 42.5 Å². The van der Waals surface area contributed by atoms with Crippen LogP contribution in [-0.4, -0.2) is 38.2 Å². The van der Waals surface area contributed by atoms with Crippen LogP contribution in [0.2, 0.25) is 0 Å². The molecule has 1 saturated carbocycles. The highest BCUT2D eigenvalue weighted by Gasteiger charge is 2.12. The van der Waals surface area contributed by atoms with E-state index >= 15 is 0 Å². The Hall–Kier alpha value is -1.22. The molecular formula is C16H26N2O. The molecule has 0 saturated heterocycles. The maximum absolute atomic E-state index is 5.76. The van der Waals surface area contributed by atoms with Crippen molar-refractivity contribution in [1.29, 1.82) is 0 Å². The zero-order valence-corrected chi connectivity index (χ0v) is 12.2. The van der Waals surface area contributed by atoms with Crippen LogP contribution in [0.3, 0.4) is 0 Å². The molecule has 19 heavy (non-hydrogen) atoms. The Balaban J connectivity index is 1.83. The third-order valence-electron chi connectivity index (χ3n) is 3.62. The first-order valence-electron chi connectivity index (χ1n) is 7.38. The number of rotatable bonds is 6. The smallest absolute Gasteiger partial charge is 0.121 e. The van der Waals surface area contributed by atoms with E-state index in [4.69, 9.17) is 4.74 Å². The maximum atomic E-state index is 5.76. The fourth-order valence-corrected chi connectivity index (χ4v) is 2.50. The Kier molecular flexibility index (Phi) is 5.52. The quantitative estimate of drug-likeness (QED) is 0.850. The average molecular weight is 262 g/mol. The Labute approximate surface area is 116 Å². The minimum absolute atomic E-state index is 0.644. The van der Waals surface area contributed by atoms with Crippen molar-refractivity contribution in [2.45, 2.75) is 38.1 Å². The lowest BCUT2D eigenvalue weighted by Crippen LogP contribution is -2.22. The Morgan fingerprint density at radius 3 is 2.74 bits per heavy atom. The summed E-state index contributed by atoms with van der Waals surface area (Å²) >= 11 is 0. The van der Waals surface area contributed by atoms with Crippen molar-refractivity contribution in [3.8, 4) is 5.75 Å². The topological polar surface area (TPSA) is 24.5 Å². The summed E-state index contributed by atoms with van der Waals surface area (Å²) in [5, 5.41) is 3.63. The van der Waals surface area contributed by atoms with Crippen LogP contribution in [-0.2, 0) is 0 Å². The van der Waals surface area contributed by atoms with Gasteiger partial charge in [0.25, 0.3) is 0 Å². The highest BCUT2D eigenvalue weighted by atomic mass is 16.5. The zero-order valence-electron chi connectivity index (χ0n) is 12.2. The molecule has 0 spiro atoms. The molecule has 1 aromatic carbocycles. The van der Waals surface area contributed by atoms with E-state index in [1.807, 2.05) is 6.07 Å². The number of nitrogens with zero attached hydrogens (tertiary/aromatic N) is 1. The normalized spacial score (nSPS) is 16.6. The van der Waals surface area contributed by atoms with Gasteiger partial charge in [-0.3, -0.25) is 0 Å². The van der Waals surface area contributed by atoms with E-state index in [1.165, 1.54) is 37.8 Å². The standard InChI is InChI=1S/C16H26N2O/c1-18(2)11-12-19-16-10-6-9-15(13-16)17-14-7-4-3-5-8-14/h6,9-10,13-14,17H,3-5,7-8,11-12H2,1-2H3. The van der Waals surface area contributed by atoms with E-state index in [0.29, 0.717) is 6.04 Å². The fraction of sp³-hybridized carbons (Fsp3) is 0.625. The van der Waals surface area contributed by atoms with Crippen LogP contribution in [0.4, 0.5) is 5.69 Å². The summed E-state index contributed by atoms with van der Waals surface area (Å²) in [5.41, 5.74) is 1.19. The largest absolute Gasteiger partial charge is 0.492 e. The molecule has 3 heteroatoms. The number of benzene rings is 1. The van der Waals surface area contributed by atoms with Gasteiger partial charge in [0.2, 0.25) is 0 Å². The number of hydrogen-bond donors (Lipinski definition) is 1. The Morgan fingerprint density at radius 2 is 2.00 bits per heavy atom. The third-order valence-corrected chi connectivity index (χ3v) is 3.62. The SMILES string of the molecule is CN(C)CCOc1cccc(NC2CCCCC2)c1. The van der Waals surface area contributed by atoms with Gasteiger partial charge in [-0.05, 0) is 39.1 Å². The molecule has 0 aromatic heterocycles. The molecule has 1 fully saturated rings. The molecule has 1 aliphatic carbocycles. The van der Waals surface area contributed by atoms with E-state index in [-0.39, 0.29) is 0 Å². The fourth-order valence-electron chi connectivity index (χ4n) is 2.50. The molecule has 1 aliphatic rings. The summed E-state index contributed by atoms with van der Waals surface area (Å²) < 4.78 is 5.76. The van der Waals surface area contributed by atoms with Crippen molar-refractivity contribution in [3.05, 3.63) is 24.3 Å². The number of hydrogen-bond acceptors (Lipinski definition) is 3. The van der Waals surface area contributed by atoms with Crippen molar-refractivity contribution in [1.82, 2.24) is 4.90 Å². The van der Waals surface area contributed by atoms with Crippen LogP contribution in [0, 0.1) is 0 Å². The molecule has 0 bridgehead atoms. The van der Waals surface area contributed by atoms with Gasteiger partial charge in [0.15, 0.2) is 0 Å². The first-order valence-corrected chi connectivity index (χ1v) is 7.38. The predicted octanol–water partition coefficient (Wildman–Crippen LogP) is 3.37. The van der Waals surface area contributed by atoms with Crippen molar-refractivity contribution >= 4 is 5.69 Å². The molecule has 1 N–H and O–H groups in total. The number of nitrogens with one attached hydrogen (secondary N) is 1. The van der Waals surface area contributed by atoms with Gasteiger partial charge in [0.1, 0.15) is 12.4 Å². The second-order valence-corrected chi connectivity index (χ2v) is 5.66. The molecule has 0 heterocycles. The summed E-state index contributed by atoms with van der Waals surface area (Å²) in [4.78, 5) is 2.13. The average Bonchev–Trinajstić information content (AvgIpc) is 2.40. The highest BCUT2D eigenvalue weighted by Crippen LogP contribution is 2.23. The molecule has 2 rings (SSSR count). The van der Waals surface area contributed by atoms with Crippen LogP contribution in [0.15, 0.2) is 24.3 Å². The molecule has 0 atom stereocenters. The van der Waals surface area contributed by atoms with Gasteiger partial charge < -0.3 is 15.0 Å². The third kappa shape index (κ3) is 5.11. The number of likely N-dealkylation sites (N-methyl/N-ethyl adjacent to an activating group) is 1. The van der Waals surface area contributed by atoms with Crippen LogP contribution < -0.4 is 10.1 Å². The maximum Gasteiger partial charge on any atom is 0.121 e. The minimum atomic E-state index is 0.644. The first kappa shape index (κ1) is 14.2. The van der Waals surface area contributed by atoms with Gasteiger partial charge in [0.05, 0.1) is 0 Å². The minimum Gasteiger partial charge on any atom is -0.492 e. The molecule has 0 radical (unpaired) electrons. The van der Waals surface area contributed by atoms with Crippen molar-refractivity contribution in [3.63, 3.8) is 0 Å². The van der Waals surface area contributed by atoms with Gasteiger partial charge in [-0.15, -0.1) is 0 Å². The predicted molar refractivity (Wildman–Crippen MR) is 81.0 cm³/mol. The molecule has 3 nitrogen and oxygen atoms in total. The summed E-state index contributed by atoms with van der Waals surface area (Å²) in [5.74, 6) is 0.961. The Bertz CT molecular complexity index is 373. The summed E-state index contributed by atoms with van der Waals surface area (Å²) in [6, 6.07) is 8.99. The van der Waals surface area contributed by atoms with Gasteiger partial charge >= 0.3 is 0 Å². The van der Waals surface area contributed by atoms with E-state index in [1.54, 1.807) is 0 Å². The molecule has 106 valence electrons. The summed E-state index contributed by atoms with van der Waals surface area (Å²) in [6.45, 7) is 1.68. The molecule has 0 unspecified atom stereocenters. The van der Waals surface area contributed by atoms with Crippen LogP contribution in [0.1, 0.15) is 32.1 Å². The lowest BCUT2D eigenvalue weighted by atomic mass is 9.95. The van der Waals surface area contributed by atoms with Crippen LogP contribution in [0.5, 0.6) is 5.75 Å². The number of anilines is 1. The lowest BCUT2D eigenvalue weighted by molar-refractivity contribution is 0.261. The van der Waals surface area contributed by atoms with Crippen LogP contribution in [0.25, 0.3) is 0 Å². The molecule has 0 aliphatic heterocycles. The number of ether oxygens (including phenoxy) is 1. The van der Waals surface area contributed by atoms with E-state index < -0.39 is 0 Å².